The Kier molecular flexibility index (Phi) is 8.29. The topological polar surface area (TPSA) is 98.8 Å². The molecule has 0 aliphatic heterocycles. The van der Waals surface area contributed by atoms with Gasteiger partial charge in [0.2, 0.25) is 0 Å². The molecule has 152 valence electrons. The minimum atomic E-state index is -0.773. The van der Waals surface area contributed by atoms with Crippen molar-refractivity contribution in [3.63, 3.8) is 0 Å². The van der Waals surface area contributed by atoms with Gasteiger partial charge in [0.05, 0.1) is 11.7 Å². The normalized spacial score (nSPS) is 13.1. The standard InChI is InChI=1S/C22H31N3O3/c1-16(8-6-7-13-25(2)18-9-4-3-5-10-18)24-15-21(27)17-11-12-20(26)19(14-17)22(23)28/h3-5,9-12,14,16,21,24,26-27H,6-8,13,15H2,1-2H3,(H2,23,28). The van der Waals surface area contributed by atoms with E-state index in [4.69, 9.17) is 5.73 Å². The van der Waals surface area contributed by atoms with E-state index in [1.54, 1.807) is 6.07 Å². The first-order valence-corrected chi connectivity index (χ1v) is 9.69. The first kappa shape index (κ1) is 21.7. The van der Waals surface area contributed by atoms with Crippen molar-refractivity contribution in [3.8, 4) is 5.75 Å². The molecule has 2 unspecified atom stereocenters. The van der Waals surface area contributed by atoms with E-state index in [0.29, 0.717) is 12.1 Å². The van der Waals surface area contributed by atoms with Crippen LogP contribution in [0.3, 0.4) is 0 Å². The zero-order valence-electron chi connectivity index (χ0n) is 16.6. The molecular weight excluding hydrogens is 354 g/mol. The van der Waals surface area contributed by atoms with Gasteiger partial charge >= 0.3 is 0 Å². The number of benzene rings is 2. The molecule has 0 spiro atoms. The molecular formula is C22H31N3O3. The fourth-order valence-corrected chi connectivity index (χ4v) is 3.10. The molecule has 0 bridgehead atoms. The third-order valence-electron chi connectivity index (χ3n) is 4.91. The first-order valence-electron chi connectivity index (χ1n) is 9.69. The summed E-state index contributed by atoms with van der Waals surface area (Å²) in [5, 5.41) is 23.3. The monoisotopic (exact) mass is 385 g/mol. The Morgan fingerprint density at radius 1 is 1.18 bits per heavy atom. The average Bonchev–Trinajstić information content (AvgIpc) is 2.70. The van der Waals surface area contributed by atoms with Gasteiger partial charge < -0.3 is 26.2 Å². The number of nitrogens with zero attached hydrogens (tertiary/aromatic N) is 1. The molecule has 2 aromatic rings. The summed E-state index contributed by atoms with van der Waals surface area (Å²) in [6.45, 7) is 3.47. The minimum Gasteiger partial charge on any atom is -0.507 e. The number of aliphatic hydroxyl groups excluding tert-OH is 1. The highest BCUT2D eigenvalue weighted by Crippen LogP contribution is 2.22. The number of unbranched alkanes of at least 4 members (excludes halogenated alkanes) is 1. The molecule has 0 aliphatic carbocycles. The number of amides is 1. The fourth-order valence-electron chi connectivity index (χ4n) is 3.10. The summed E-state index contributed by atoms with van der Waals surface area (Å²) in [5.74, 6) is -0.890. The summed E-state index contributed by atoms with van der Waals surface area (Å²) in [5.41, 5.74) is 7.03. The van der Waals surface area contributed by atoms with E-state index in [1.165, 1.54) is 17.8 Å². The Hall–Kier alpha value is -2.57. The van der Waals surface area contributed by atoms with Crippen LogP contribution < -0.4 is 16.0 Å². The third-order valence-corrected chi connectivity index (χ3v) is 4.91. The molecule has 0 saturated heterocycles. The molecule has 0 radical (unpaired) electrons. The maximum Gasteiger partial charge on any atom is 0.252 e. The Labute approximate surface area is 167 Å². The Balaban J connectivity index is 1.70. The van der Waals surface area contributed by atoms with Crippen LogP contribution in [0.1, 0.15) is 48.2 Å². The SMILES string of the molecule is CC(CCCCN(C)c1ccccc1)NCC(O)c1ccc(O)c(C(N)=O)c1. The lowest BCUT2D eigenvalue weighted by Gasteiger charge is -2.20. The number of rotatable bonds is 11. The number of phenols is 1. The van der Waals surface area contributed by atoms with Crippen molar-refractivity contribution in [1.82, 2.24) is 5.32 Å². The van der Waals surface area contributed by atoms with Crippen molar-refractivity contribution in [2.75, 3.05) is 25.0 Å². The summed E-state index contributed by atoms with van der Waals surface area (Å²) in [6.07, 6.45) is 2.43. The van der Waals surface area contributed by atoms with E-state index in [2.05, 4.69) is 36.3 Å². The number of carbonyl (C=O) groups excluding carboxylic acids is 1. The van der Waals surface area contributed by atoms with Gasteiger partial charge in [-0.3, -0.25) is 4.79 Å². The predicted octanol–water partition coefficient (Wildman–Crippen LogP) is 2.81. The summed E-state index contributed by atoms with van der Waals surface area (Å²) < 4.78 is 0. The smallest absolute Gasteiger partial charge is 0.252 e. The van der Waals surface area contributed by atoms with Crippen LogP contribution in [0.5, 0.6) is 5.75 Å². The second kappa shape index (κ2) is 10.7. The lowest BCUT2D eigenvalue weighted by Crippen LogP contribution is -2.30. The van der Waals surface area contributed by atoms with Crippen molar-refractivity contribution >= 4 is 11.6 Å². The van der Waals surface area contributed by atoms with Crippen LogP contribution in [0.25, 0.3) is 0 Å². The molecule has 0 aromatic heterocycles. The number of hydrogen-bond acceptors (Lipinski definition) is 5. The van der Waals surface area contributed by atoms with Crippen LogP contribution in [0.2, 0.25) is 0 Å². The van der Waals surface area contributed by atoms with E-state index in [-0.39, 0.29) is 17.4 Å². The van der Waals surface area contributed by atoms with Crippen LogP contribution in [0.4, 0.5) is 5.69 Å². The molecule has 0 aliphatic rings. The molecule has 2 rings (SSSR count). The number of carbonyl (C=O) groups is 1. The van der Waals surface area contributed by atoms with Gasteiger partial charge in [-0.05, 0) is 49.6 Å². The second-order valence-electron chi connectivity index (χ2n) is 7.22. The number of para-hydroxylation sites is 1. The summed E-state index contributed by atoms with van der Waals surface area (Å²) in [7, 11) is 2.10. The van der Waals surface area contributed by atoms with Crippen LogP contribution in [-0.4, -0.2) is 42.3 Å². The lowest BCUT2D eigenvalue weighted by molar-refractivity contribution is 0.0997. The highest BCUT2D eigenvalue weighted by Gasteiger charge is 2.14. The van der Waals surface area contributed by atoms with Gasteiger partial charge in [0, 0.05) is 31.9 Å². The number of nitrogens with one attached hydrogen (secondary N) is 1. The van der Waals surface area contributed by atoms with Crippen molar-refractivity contribution in [2.24, 2.45) is 5.73 Å². The van der Waals surface area contributed by atoms with Gasteiger partial charge in [-0.2, -0.15) is 0 Å². The number of aromatic hydroxyl groups is 1. The van der Waals surface area contributed by atoms with E-state index in [0.717, 1.165) is 25.8 Å². The molecule has 28 heavy (non-hydrogen) atoms. The van der Waals surface area contributed by atoms with Gasteiger partial charge in [0.15, 0.2) is 0 Å². The quantitative estimate of drug-likeness (QED) is 0.446. The lowest BCUT2D eigenvalue weighted by atomic mass is 10.0. The highest BCUT2D eigenvalue weighted by molar-refractivity contribution is 5.95. The summed E-state index contributed by atoms with van der Waals surface area (Å²) in [6, 6.07) is 15.0. The number of nitrogens with two attached hydrogens (primary N) is 1. The van der Waals surface area contributed by atoms with Crippen LogP contribution in [-0.2, 0) is 0 Å². The van der Waals surface area contributed by atoms with Crippen LogP contribution >= 0.6 is 0 Å². The Bertz CT molecular complexity index is 752. The molecule has 0 heterocycles. The van der Waals surface area contributed by atoms with Crippen molar-refractivity contribution in [2.45, 2.75) is 38.3 Å². The first-order chi connectivity index (χ1) is 13.4. The molecule has 0 fully saturated rings. The van der Waals surface area contributed by atoms with E-state index < -0.39 is 12.0 Å². The molecule has 2 aromatic carbocycles. The van der Waals surface area contributed by atoms with E-state index in [1.807, 2.05) is 18.2 Å². The van der Waals surface area contributed by atoms with Gasteiger partial charge in [-0.1, -0.05) is 30.7 Å². The maximum absolute atomic E-state index is 11.3. The fraction of sp³-hybridized carbons (Fsp3) is 0.409. The minimum absolute atomic E-state index is 0.0205. The number of aliphatic hydroxyl groups is 1. The number of primary amides is 1. The van der Waals surface area contributed by atoms with Crippen LogP contribution in [0.15, 0.2) is 48.5 Å². The number of anilines is 1. The van der Waals surface area contributed by atoms with Crippen molar-refractivity contribution in [3.05, 3.63) is 59.7 Å². The summed E-state index contributed by atoms with van der Waals surface area (Å²) >= 11 is 0. The van der Waals surface area contributed by atoms with E-state index in [9.17, 15) is 15.0 Å². The maximum atomic E-state index is 11.3. The molecule has 2 atom stereocenters. The van der Waals surface area contributed by atoms with Crippen molar-refractivity contribution < 1.29 is 15.0 Å². The van der Waals surface area contributed by atoms with Gasteiger partial charge in [0.25, 0.3) is 5.91 Å². The Morgan fingerprint density at radius 2 is 1.89 bits per heavy atom. The molecule has 0 saturated carbocycles. The molecule has 6 heteroatoms. The highest BCUT2D eigenvalue weighted by atomic mass is 16.3. The van der Waals surface area contributed by atoms with Crippen LogP contribution in [0, 0.1) is 0 Å². The predicted molar refractivity (Wildman–Crippen MR) is 113 cm³/mol. The molecule has 1 amide bonds. The second-order valence-corrected chi connectivity index (χ2v) is 7.22. The Morgan fingerprint density at radius 3 is 2.57 bits per heavy atom. The van der Waals surface area contributed by atoms with Gasteiger partial charge in [0.1, 0.15) is 5.75 Å². The zero-order chi connectivity index (χ0) is 20.5. The van der Waals surface area contributed by atoms with Crippen molar-refractivity contribution in [1.29, 1.82) is 0 Å². The van der Waals surface area contributed by atoms with Gasteiger partial charge in [-0.15, -0.1) is 0 Å². The molecule has 6 nitrogen and oxygen atoms in total. The third kappa shape index (κ3) is 6.55. The average molecular weight is 386 g/mol. The zero-order valence-corrected chi connectivity index (χ0v) is 16.6. The van der Waals surface area contributed by atoms with Gasteiger partial charge in [-0.25, -0.2) is 0 Å². The summed E-state index contributed by atoms with van der Waals surface area (Å²) in [4.78, 5) is 13.6. The van der Waals surface area contributed by atoms with E-state index >= 15 is 0 Å². The number of hydrogen-bond donors (Lipinski definition) is 4. The molecule has 5 N–H and O–H groups in total. The largest absolute Gasteiger partial charge is 0.507 e.